The molecule has 0 fully saturated rings. The standard InChI is InChI=1S/C23H23ClN6O5S/c1-4-11-29-21(14(2)25-22(32)15-5-8-17(35-3)9-6-15)27-28-23(29)36-13-20(31)26-19-12-16(30(33)34)7-10-18(19)24/h4-10,12,14H,1,11,13H2,2-3H3,(H,25,32)(H,26,31)/t14-/m1/s1. The van der Waals surface area contributed by atoms with Gasteiger partial charge in [-0.1, -0.05) is 29.4 Å². The van der Waals surface area contributed by atoms with Crippen molar-refractivity contribution in [1.82, 2.24) is 20.1 Å². The molecule has 0 aliphatic carbocycles. The number of benzene rings is 2. The van der Waals surface area contributed by atoms with E-state index in [2.05, 4.69) is 27.4 Å². The average Bonchev–Trinajstić information content (AvgIpc) is 3.26. The molecule has 2 amide bonds. The quantitative estimate of drug-likeness (QED) is 0.162. The van der Waals surface area contributed by atoms with Gasteiger partial charge in [-0.05, 0) is 37.3 Å². The number of hydrogen-bond acceptors (Lipinski definition) is 8. The van der Waals surface area contributed by atoms with Gasteiger partial charge in [0.05, 0.1) is 34.5 Å². The molecular weight excluding hydrogens is 508 g/mol. The first-order valence-corrected chi connectivity index (χ1v) is 11.9. The number of aromatic nitrogens is 3. The van der Waals surface area contributed by atoms with Crippen molar-refractivity contribution in [2.24, 2.45) is 0 Å². The fourth-order valence-electron chi connectivity index (χ4n) is 3.15. The van der Waals surface area contributed by atoms with Crippen LogP contribution in [0.3, 0.4) is 0 Å². The lowest BCUT2D eigenvalue weighted by atomic mass is 10.2. The Morgan fingerprint density at radius 2 is 2.00 bits per heavy atom. The Labute approximate surface area is 216 Å². The Kier molecular flexibility index (Phi) is 9.03. The summed E-state index contributed by atoms with van der Waals surface area (Å²) in [5, 5.41) is 25.4. The minimum Gasteiger partial charge on any atom is -0.497 e. The van der Waals surface area contributed by atoms with E-state index in [1.807, 2.05) is 0 Å². The fourth-order valence-corrected chi connectivity index (χ4v) is 4.07. The number of halogens is 1. The lowest BCUT2D eigenvalue weighted by Crippen LogP contribution is -2.28. The van der Waals surface area contributed by atoms with Gasteiger partial charge in [0.25, 0.3) is 11.6 Å². The summed E-state index contributed by atoms with van der Waals surface area (Å²) < 4.78 is 6.85. The van der Waals surface area contributed by atoms with E-state index in [4.69, 9.17) is 16.3 Å². The zero-order valence-electron chi connectivity index (χ0n) is 19.4. The number of anilines is 1. The molecule has 0 radical (unpaired) electrons. The van der Waals surface area contributed by atoms with Gasteiger partial charge < -0.3 is 19.9 Å². The molecule has 11 nitrogen and oxygen atoms in total. The number of amides is 2. The molecule has 1 aromatic heterocycles. The molecule has 0 aliphatic rings. The molecule has 188 valence electrons. The number of allylic oxidation sites excluding steroid dienone is 1. The normalized spacial score (nSPS) is 11.4. The van der Waals surface area contributed by atoms with Gasteiger partial charge in [0, 0.05) is 24.2 Å². The van der Waals surface area contributed by atoms with E-state index in [1.54, 1.807) is 48.9 Å². The lowest BCUT2D eigenvalue weighted by molar-refractivity contribution is -0.384. The Hall–Kier alpha value is -3.90. The number of non-ortho nitro benzene ring substituents is 1. The minimum absolute atomic E-state index is 0.0547. The number of ether oxygens (including phenoxy) is 1. The van der Waals surface area contributed by atoms with Gasteiger partial charge in [0.1, 0.15) is 5.75 Å². The van der Waals surface area contributed by atoms with Gasteiger partial charge >= 0.3 is 0 Å². The molecule has 2 N–H and O–H groups in total. The van der Waals surface area contributed by atoms with Crippen molar-refractivity contribution >= 4 is 46.6 Å². The van der Waals surface area contributed by atoms with E-state index >= 15 is 0 Å². The number of nitro groups is 1. The lowest BCUT2D eigenvalue weighted by Gasteiger charge is -2.15. The fraction of sp³-hybridized carbons (Fsp3) is 0.217. The predicted octanol–water partition coefficient (Wildman–Crippen LogP) is 4.26. The summed E-state index contributed by atoms with van der Waals surface area (Å²) in [5.41, 5.74) is 0.409. The van der Waals surface area contributed by atoms with E-state index in [9.17, 15) is 19.7 Å². The van der Waals surface area contributed by atoms with Crippen LogP contribution in [-0.4, -0.2) is 44.4 Å². The van der Waals surface area contributed by atoms with Gasteiger partial charge in [-0.3, -0.25) is 19.7 Å². The van der Waals surface area contributed by atoms with Gasteiger partial charge in [0.2, 0.25) is 5.91 Å². The van der Waals surface area contributed by atoms with Crippen molar-refractivity contribution in [3.05, 3.63) is 81.6 Å². The van der Waals surface area contributed by atoms with Gasteiger partial charge in [0.15, 0.2) is 11.0 Å². The van der Waals surface area contributed by atoms with Crippen LogP contribution in [0.25, 0.3) is 0 Å². The van der Waals surface area contributed by atoms with E-state index in [0.29, 0.717) is 28.8 Å². The second kappa shape index (κ2) is 12.2. The SMILES string of the molecule is C=CCn1c(SCC(=O)Nc2cc([N+](=O)[O-])ccc2Cl)nnc1[C@@H](C)NC(=O)c1ccc(OC)cc1. The summed E-state index contributed by atoms with van der Waals surface area (Å²) in [5.74, 6) is 0.352. The Balaban J connectivity index is 1.67. The number of thioether (sulfide) groups is 1. The van der Waals surface area contributed by atoms with Crippen LogP contribution in [0.5, 0.6) is 5.75 Å². The Morgan fingerprint density at radius 3 is 2.64 bits per heavy atom. The maximum atomic E-state index is 12.6. The summed E-state index contributed by atoms with van der Waals surface area (Å²) in [7, 11) is 1.55. The molecular formula is C23H23ClN6O5S. The van der Waals surface area contributed by atoms with Gasteiger partial charge in [-0.2, -0.15) is 0 Å². The molecule has 0 bridgehead atoms. The molecule has 1 atom stereocenters. The highest BCUT2D eigenvalue weighted by Crippen LogP contribution is 2.27. The van der Waals surface area contributed by atoms with Crippen molar-refractivity contribution in [2.75, 3.05) is 18.2 Å². The first-order chi connectivity index (χ1) is 17.2. The van der Waals surface area contributed by atoms with Crippen LogP contribution in [0.15, 0.2) is 60.3 Å². The molecule has 3 aromatic rings. The molecule has 1 heterocycles. The number of nitrogens with zero attached hydrogens (tertiary/aromatic N) is 4. The molecule has 0 saturated carbocycles. The molecule has 0 saturated heterocycles. The van der Waals surface area contributed by atoms with Gasteiger partial charge in [-0.15, -0.1) is 16.8 Å². The summed E-state index contributed by atoms with van der Waals surface area (Å²) in [6.07, 6.45) is 1.65. The van der Waals surface area contributed by atoms with Crippen molar-refractivity contribution in [3.8, 4) is 5.75 Å². The van der Waals surface area contributed by atoms with Crippen molar-refractivity contribution < 1.29 is 19.2 Å². The topological polar surface area (TPSA) is 141 Å². The highest BCUT2D eigenvalue weighted by atomic mass is 35.5. The first-order valence-electron chi connectivity index (χ1n) is 10.6. The molecule has 36 heavy (non-hydrogen) atoms. The van der Waals surface area contributed by atoms with Crippen LogP contribution < -0.4 is 15.4 Å². The third-order valence-corrected chi connectivity index (χ3v) is 6.21. The van der Waals surface area contributed by atoms with Crippen LogP contribution in [-0.2, 0) is 11.3 Å². The second-order valence-electron chi connectivity index (χ2n) is 7.42. The summed E-state index contributed by atoms with van der Waals surface area (Å²) in [6, 6.07) is 10.00. The smallest absolute Gasteiger partial charge is 0.271 e. The Bertz CT molecular complexity index is 1280. The number of rotatable bonds is 11. The largest absolute Gasteiger partial charge is 0.497 e. The van der Waals surface area contributed by atoms with E-state index in [-0.39, 0.29) is 28.1 Å². The average molecular weight is 531 g/mol. The summed E-state index contributed by atoms with van der Waals surface area (Å²) >= 11 is 7.16. The number of nitro benzene ring substituents is 1. The van der Waals surface area contributed by atoms with Crippen molar-refractivity contribution in [1.29, 1.82) is 0 Å². The number of hydrogen-bond donors (Lipinski definition) is 2. The van der Waals surface area contributed by atoms with E-state index < -0.39 is 16.9 Å². The van der Waals surface area contributed by atoms with Crippen molar-refractivity contribution in [2.45, 2.75) is 24.7 Å². The van der Waals surface area contributed by atoms with E-state index in [1.165, 1.54) is 18.2 Å². The molecule has 0 spiro atoms. The number of carbonyl (C=O) groups excluding carboxylic acids is 2. The zero-order valence-corrected chi connectivity index (χ0v) is 21.0. The molecule has 0 unspecified atom stereocenters. The van der Waals surface area contributed by atoms with Crippen LogP contribution in [0.2, 0.25) is 5.02 Å². The molecule has 2 aromatic carbocycles. The highest BCUT2D eigenvalue weighted by molar-refractivity contribution is 7.99. The monoisotopic (exact) mass is 530 g/mol. The zero-order chi connectivity index (χ0) is 26.2. The minimum atomic E-state index is -0.575. The number of nitrogens with one attached hydrogen (secondary N) is 2. The van der Waals surface area contributed by atoms with Crippen LogP contribution in [0.4, 0.5) is 11.4 Å². The Morgan fingerprint density at radius 1 is 1.28 bits per heavy atom. The molecule has 0 aliphatic heterocycles. The van der Waals surface area contributed by atoms with Crippen LogP contribution in [0.1, 0.15) is 29.1 Å². The van der Waals surface area contributed by atoms with Gasteiger partial charge in [-0.25, -0.2) is 0 Å². The number of methoxy groups -OCH3 is 1. The molecule has 3 rings (SSSR count). The van der Waals surface area contributed by atoms with Crippen LogP contribution in [0, 0.1) is 10.1 Å². The third-order valence-electron chi connectivity index (χ3n) is 4.91. The predicted molar refractivity (Wildman–Crippen MR) is 137 cm³/mol. The molecule has 13 heteroatoms. The maximum Gasteiger partial charge on any atom is 0.271 e. The second-order valence-corrected chi connectivity index (χ2v) is 8.77. The maximum absolute atomic E-state index is 12.6. The highest BCUT2D eigenvalue weighted by Gasteiger charge is 2.21. The number of carbonyl (C=O) groups is 2. The summed E-state index contributed by atoms with van der Waals surface area (Å²) in [6.45, 7) is 5.88. The van der Waals surface area contributed by atoms with E-state index in [0.717, 1.165) is 11.8 Å². The van der Waals surface area contributed by atoms with Crippen molar-refractivity contribution in [3.63, 3.8) is 0 Å². The third kappa shape index (κ3) is 6.61. The summed E-state index contributed by atoms with van der Waals surface area (Å²) in [4.78, 5) is 35.5. The first kappa shape index (κ1) is 26.7. The van der Waals surface area contributed by atoms with Crippen LogP contribution >= 0.6 is 23.4 Å².